The van der Waals surface area contributed by atoms with Gasteiger partial charge in [-0.3, -0.25) is 9.59 Å². The van der Waals surface area contributed by atoms with Gasteiger partial charge in [0.1, 0.15) is 5.82 Å². The van der Waals surface area contributed by atoms with Gasteiger partial charge in [0, 0.05) is 12.5 Å². The molecule has 142 valence electrons. The number of amides is 1. The number of benzene rings is 1. The molecule has 0 radical (unpaired) electrons. The van der Waals surface area contributed by atoms with Crippen LogP contribution in [0.5, 0.6) is 0 Å². The summed E-state index contributed by atoms with van der Waals surface area (Å²) in [6.45, 7) is 1.60. The average molecular weight is 367 g/mol. The lowest BCUT2D eigenvalue weighted by Gasteiger charge is -2.20. The van der Waals surface area contributed by atoms with Crippen LogP contribution in [0.2, 0.25) is 0 Å². The number of para-hydroxylation sites is 1. The number of hydrogen-bond donors (Lipinski definition) is 1. The molecule has 0 aliphatic heterocycles. The third kappa shape index (κ3) is 4.04. The average Bonchev–Trinajstić information content (AvgIpc) is 3.36. The van der Waals surface area contributed by atoms with Crippen LogP contribution < -0.4 is 5.32 Å². The van der Waals surface area contributed by atoms with Gasteiger partial charge >= 0.3 is 5.97 Å². The molecule has 0 unspecified atom stereocenters. The lowest BCUT2D eigenvalue weighted by atomic mass is 9.86. The monoisotopic (exact) mass is 367 g/mol. The molecule has 3 atom stereocenters. The van der Waals surface area contributed by atoms with Crippen molar-refractivity contribution in [2.75, 3.05) is 11.9 Å². The Morgan fingerprint density at radius 1 is 1.22 bits per heavy atom. The molecule has 0 saturated heterocycles. The molecule has 2 aliphatic rings. The van der Waals surface area contributed by atoms with E-state index in [0.29, 0.717) is 24.1 Å². The Morgan fingerprint density at radius 2 is 2.04 bits per heavy atom. The molecule has 2 bridgehead atoms. The fourth-order valence-electron chi connectivity index (χ4n) is 4.58. The molecule has 1 amide bonds. The zero-order valence-corrected chi connectivity index (χ0v) is 15.6. The van der Waals surface area contributed by atoms with E-state index in [1.165, 1.54) is 19.3 Å². The highest BCUT2D eigenvalue weighted by atomic mass is 16.5. The Labute approximate surface area is 158 Å². The molecule has 4 rings (SSSR count). The van der Waals surface area contributed by atoms with Gasteiger partial charge in [-0.05, 0) is 56.1 Å². The largest absolute Gasteiger partial charge is 0.456 e. The second kappa shape index (κ2) is 7.55. The summed E-state index contributed by atoms with van der Waals surface area (Å²) in [5.74, 6) is 1.87. The van der Waals surface area contributed by atoms with E-state index in [0.717, 1.165) is 23.7 Å². The van der Waals surface area contributed by atoms with Crippen LogP contribution in [0.4, 0.5) is 5.82 Å². The third-order valence-corrected chi connectivity index (χ3v) is 5.78. The number of nitrogens with one attached hydrogen (secondary N) is 1. The first kappa shape index (κ1) is 17.8. The van der Waals surface area contributed by atoms with Crippen molar-refractivity contribution in [1.29, 1.82) is 0 Å². The Hall–Kier alpha value is -2.63. The second-order valence-corrected chi connectivity index (χ2v) is 7.77. The van der Waals surface area contributed by atoms with Crippen molar-refractivity contribution in [2.24, 2.45) is 17.8 Å². The molecular formula is C21H25N3O3. The van der Waals surface area contributed by atoms with Crippen LogP contribution in [0.15, 0.2) is 36.4 Å². The highest BCUT2D eigenvalue weighted by molar-refractivity contribution is 5.92. The summed E-state index contributed by atoms with van der Waals surface area (Å²) >= 11 is 0. The molecule has 1 heterocycles. The minimum absolute atomic E-state index is 0.265. The molecule has 27 heavy (non-hydrogen) atoms. The van der Waals surface area contributed by atoms with Crippen LogP contribution in [0.1, 0.15) is 37.8 Å². The molecular weight excluding hydrogens is 342 g/mol. The quantitative estimate of drug-likeness (QED) is 0.793. The lowest BCUT2D eigenvalue weighted by molar-refractivity contribution is -0.148. The molecule has 2 fully saturated rings. The van der Waals surface area contributed by atoms with E-state index in [-0.39, 0.29) is 18.5 Å². The van der Waals surface area contributed by atoms with E-state index in [1.54, 1.807) is 10.7 Å². The van der Waals surface area contributed by atoms with Gasteiger partial charge in [0.25, 0.3) is 5.91 Å². The van der Waals surface area contributed by atoms with Gasteiger partial charge in [-0.15, -0.1) is 0 Å². The molecule has 0 spiro atoms. The number of nitrogens with zero attached hydrogens (tertiary/aromatic N) is 2. The molecule has 1 N–H and O–H groups in total. The molecule has 2 aliphatic carbocycles. The van der Waals surface area contributed by atoms with E-state index < -0.39 is 0 Å². The number of hydrogen-bond acceptors (Lipinski definition) is 4. The van der Waals surface area contributed by atoms with Crippen molar-refractivity contribution in [2.45, 2.75) is 39.0 Å². The van der Waals surface area contributed by atoms with Crippen molar-refractivity contribution < 1.29 is 14.3 Å². The lowest BCUT2D eigenvalue weighted by Crippen LogP contribution is -2.24. The normalized spacial score (nSPS) is 23.4. The number of anilines is 1. The van der Waals surface area contributed by atoms with Gasteiger partial charge in [0.05, 0.1) is 11.4 Å². The summed E-state index contributed by atoms with van der Waals surface area (Å²) in [7, 11) is 0. The fourth-order valence-corrected chi connectivity index (χ4v) is 4.58. The molecule has 6 heteroatoms. The number of carbonyl (C=O) groups excluding carboxylic acids is 2. The number of ether oxygens (including phenoxy) is 1. The minimum Gasteiger partial charge on any atom is -0.456 e. The highest BCUT2D eigenvalue weighted by Gasteiger charge is 2.40. The van der Waals surface area contributed by atoms with Gasteiger partial charge < -0.3 is 10.1 Å². The van der Waals surface area contributed by atoms with Crippen LogP contribution in [0, 0.1) is 24.7 Å². The van der Waals surface area contributed by atoms with Gasteiger partial charge in [-0.25, -0.2) is 4.68 Å². The Balaban J connectivity index is 1.30. The molecule has 6 nitrogen and oxygen atoms in total. The number of carbonyl (C=O) groups is 2. The number of rotatable bonds is 6. The van der Waals surface area contributed by atoms with Gasteiger partial charge in [0.2, 0.25) is 0 Å². The zero-order chi connectivity index (χ0) is 18.8. The standard InChI is InChI=1S/C21H25N3O3/c1-14-9-19(24(23-14)18-5-3-2-4-6-18)22-20(25)13-27-21(26)12-17-11-15-7-8-16(17)10-15/h2-6,9,15-17H,7-8,10-13H2,1H3,(H,22,25)/t15-,16+,17-/m1/s1. The van der Waals surface area contributed by atoms with Crippen molar-refractivity contribution in [1.82, 2.24) is 9.78 Å². The first-order valence-electron chi connectivity index (χ1n) is 9.66. The predicted molar refractivity (Wildman–Crippen MR) is 101 cm³/mol. The maximum Gasteiger partial charge on any atom is 0.306 e. The smallest absolute Gasteiger partial charge is 0.306 e. The van der Waals surface area contributed by atoms with E-state index in [4.69, 9.17) is 4.74 Å². The van der Waals surface area contributed by atoms with Crippen molar-refractivity contribution in [3.8, 4) is 5.69 Å². The summed E-state index contributed by atoms with van der Waals surface area (Å²) < 4.78 is 6.89. The van der Waals surface area contributed by atoms with Crippen LogP contribution in [0.25, 0.3) is 5.69 Å². The molecule has 2 aromatic rings. The minimum atomic E-state index is -0.353. The van der Waals surface area contributed by atoms with Crippen LogP contribution in [-0.4, -0.2) is 28.3 Å². The van der Waals surface area contributed by atoms with Crippen molar-refractivity contribution in [3.05, 3.63) is 42.1 Å². The first-order valence-corrected chi connectivity index (χ1v) is 9.66. The third-order valence-electron chi connectivity index (χ3n) is 5.78. The number of fused-ring (bicyclic) bond motifs is 2. The van der Waals surface area contributed by atoms with Crippen molar-refractivity contribution in [3.63, 3.8) is 0 Å². The van der Waals surface area contributed by atoms with Crippen LogP contribution >= 0.6 is 0 Å². The zero-order valence-electron chi connectivity index (χ0n) is 15.6. The molecule has 2 saturated carbocycles. The van der Waals surface area contributed by atoms with Gasteiger partial charge in [-0.1, -0.05) is 24.6 Å². The predicted octanol–water partition coefficient (Wildman–Crippen LogP) is 3.49. The summed E-state index contributed by atoms with van der Waals surface area (Å²) in [4.78, 5) is 24.4. The van der Waals surface area contributed by atoms with E-state index in [2.05, 4.69) is 10.4 Å². The highest BCUT2D eigenvalue weighted by Crippen LogP contribution is 2.49. The van der Waals surface area contributed by atoms with Gasteiger partial charge in [-0.2, -0.15) is 5.10 Å². The number of esters is 1. The topological polar surface area (TPSA) is 73.2 Å². The fraction of sp³-hybridized carbons (Fsp3) is 0.476. The molecule has 1 aromatic heterocycles. The first-order chi connectivity index (χ1) is 13.1. The summed E-state index contributed by atoms with van der Waals surface area (Å²) in [5, 5.41) is 7.20. The van der Waals surface area contributed by atoms with Gasteiger partial charge in [0.15, 0.2) is 6.61 Å². The second-order valence-electron chi connectivity index (χ2n) is 7.77. The summed E-state index contributed by atoms with van der Waals surface area (Å²) in [6, 6.07) is 11.4. The van der Waals surface area contributed by atoms with E-state index in [9.17, 15) is 9.59 Å². The van der Waals surface area contributed by atoms with E-state index in [1.807, 2.05) is 37.3 Å². The maximum absolute atomic E-state index is 12.2. The Bertz CT molecular complexity index is 830. The van der Waals surface area contributed by atoms with Crippen LogP contribution in [-0.2, 0) is 14.3 Å². The van der Waals surface area contributed by atoms with E-state index >= 15 is 0 Å². The molecule has 1 aromatic carbocycles. The Morgan fingerprint density at radius 3 is 2.74 bits per heavy atom. The number of aromatic nitrogens is 2. The maximum atomic E-state index is 12.2. The van der Waals surface area contributed by atoms with Crippen molar-refractivity contribution >= 4 is 17.7 Å². The summed E-state index contributed by atoms with van der Waals surface area (Å²) in [6.07, 6.45) is 5.40. The Kier molecular flexibility index (Phi) is 4.97. The SMILES string of the molecule is Cc1cc(NC(=O)COC(=O)C[C@H]2C[C@@H]3CC[C@H]2C3)n(-c2ccccc2)n1. The number of aryl methyl sites for hydroxylation is 1. The summed E-state index contributed by atoms with van der Waals surface area (Å²) in [5.41, 5.74) is 1.65. The van der Waals surface area contributed by atoms with Crippen LogP contribution in [0.3, 0.4) is 0 Å².